The molecule has 10 nitrogen and oxygen atoms in total. The monoisotopic (exact) mass is 807 g/mol. The van der Waals surface area contributed by atoms with Crippen LogP contribution in [-0.2, 0) is 28.7 Å². The summed E-state index contributed by atoms with van der Waals surface area (Å²) in [6.45, 7) is 20.9. The van der Waals surface area contributed by atoms with E-state index >= 15 is 0 Å². The largest absolute Gasteiger partial charge is 0.481 e. The van der Waals surface area contributed by atoms with Gasteiger partial charge in [0.2, 0.25) is 11.8 Å². The number of hydrogen-bond donors (Lipinski definition) is 2. The Morgan fingerprint density at radius 3 is 2.19 bits per heavy atom. The maximum absolute atomic E-state index is 14.7. The third kappa shape index (κ3) is 6.99. The van der Waals surface area contributed by atoms with Crippen LogP contribution in [0.25, 0.3) is 0 Å². The van der Waals surface area contributed by atoms with Crippen LogP contribution in [0.5, 0.6) is 0 Å². The standard InChI is InChI=1S/C48H74N2O8/c1-28(2)39-40-30(41(42(39)55)32(51)26-50(25-29-12-10-13-29)37(53)27-49-23-11-14-36(49)52)17-21-47(8)31(40)15-16-34-46(7)20-19-35(58-38(54)24-44(3,4)43(56)57)45(5,6)33(46)18-22-48(34,47)9/h28-35,41,51H,10-27H2,1-9H3,(H,56,57)/t30?,31-,32+,33-,34-,35+,41-,46+,47-,48-/m1/s1. The summed E-state index contributed by atoms with van der Waals surface area (Å²) in [6, 6.07) is 0. The van der Waals surface area contributed by atoms with E-state index in [1.54, 1.807) is 23.6 Å². The summed E-state index contributed by atoms with van der Waals surface area (Å²) < 4.78 is 6.17. The Balaban J connectivity index is 1.11. The van der Waals surface area contributed by atoms with E-state index in [9.17, 15) is 34.2 Å². The molecule has 1 aliphatic heterocycles. The fourth-order valence-electron chi connectivity index (χ4n) is 14.6. The minimum Gasteiger partial charge on any atom is -0.481 e. The number of carboxylic acids is 1. The maximum atomic E-state index is 14.7. The lowest BCUT2D eigenvalue weighted by Crippen LogP contribution is -2.65. The fourth-order valence-corrected chi connectivity index (χ4v) is 14.6. The number of aliphatic hydroxyl groups is 1. The number of amides is 2. The van der Waals surface area contributed by atoms with Gasteiger partial charge in [-0.2, -0.15) is 0 Å². The average Bonchev–Trinajstić information content (AvgIpc) is 3.65. The molecule has 6 fully saturated rings. The molecule has 324 valence electrons. The number of aliphatic carboxylic acids is 1. The van der Waals surface area contributed by atoms with Crippen molar-refractivity contribution in [2.24, 2.45) is 68.5 Å². The number of likely N-dealkylation sites (tertiary alicyclic amines) is 1. The van der Waals surface area contributed by atoms with E-state index < -0.39 is 29.4 Å². The molecule has 2 N–H and O–H groups in total. The zero-order valence-electron chi connectivity index (χ0n) is 37.2. The molecule has 1 unspecified atom stereocenters. The second kappa shape index (κ2) is 15.3. The third-order valence-corrected chi connectivity index (χ3v) is 18.3. The highest BCUT2D eigenvalue weighted by atomic mass is 16.5. The Labute approximate surface area is 347 Å². The molecule has 58 heavy (non-hydrogen) atoms. The summed E-state index contributed by atoms with van der Waals surface area (Å²) in [7, 11) is 0. The van der Waals surface area contributed by atoms with Crippen LogP contribution in [-0.4, -0.2) is 87.9 Å². The number of carboxylic acid groups (broad SMARTS) is 1. The minimum atomic E-state index is -1.18. The zero-order chi connectivity index (χ0) is 42.3. The van der Waals surface area contributed by atoms with E-state index in [0.29, 0.717) is 37.3 Å². The van der Waals surface area contributed by atoms with Crippen LogP contribution < -0.4 is 0 Å². The van der Waals surface area contributed by atoms with Gasteiger partial charge in [-0.1, -0.05) is 60.5 Å². The Bertz CT molecular complexity index is 1710. The molecule has 10 heteroatoms. The lowest BCUT2D eigenvalue weighted by atomic mass is 9.33. The first kappa shape index (κ1) is 43.3. The first-order chi connectivity index (χ1) is 27.1. The number of carbonyl (C=O) groups is 5. The normalized spacial score (nSPS) is 37.7. The van der Waals surface area contributed by atoms with Crippen LogP contribution in [0.3, 0.4) is 0 Å². The number of hydrogen-bond acceptors (Lipinski definition) is 7. The molecule has 0 radical (unpaired) electrons. The Morgan fingerprint density at radius 2 is 1.59 bits per heavy atom. The van der Waals surface area contributed by atoms with Gasteiger partial charge in [-0.15, -0.1) is 0 Å². The van der Waals surface area contributed by atoms with Gasteiger partial charge in [0.05, 0.1) is 30.4 Å². The van der Waals surface area contributed by atoms with Crippen LogP contribution in [0.1, 0.15) is 152 Å². The smallest absolute Gasteiger partial charge is 0.309 e. The predicted octanol–water partition coefficient (Wildman–Crippen LogP) is 7.85. The molecule has 0 aromatic heterocycles. The van der Waals surface area contributed by atoms with Crippen molar-refractivity contribution in [2.45, 2.75) is 164 Å². The molecule has 5 saturated carbocycles. The highest BCUT2D eigenvalue weighted by molar-refractivity contribution is 6.02. The maximum Gasteiger partial charge on any atom is 0.309 e. The molecule has 7 rings (SSSR count). The molecule has 10 atom stereocenters. The SMILES string of the molecule is CC(C)C1=C2C(CC[C@]3(C)[C@@H]2CC[C@@H]2[C@@]4(C)CC[C@H](OC(=O)CC(C)(C)C(=O)O)C(C)(C)[C@H]4CC[C@]23C)[C@H]([C@@H](O)CN(CC2CCC2)C(=O)CN2CCCC2=O)C1=O. The summed E-state index contributed by atoms with van der Waals surface area (Å²) >= 11 is 0. The van der Waals surface area contributed by atoms with E-state index in [4.69, 9.17) is 4.74 Å². The number of Topliss-reactive ketones (excluding diaryl/α,β-unsaturated/α-hetero) is 1. The van der Waals surface area contributed by atoms with Gasteiger partial charge in [0.15, 0.2) is 5.78 Å². The lowest BCUT2D eigenvalue weighted by Gasteiger charge is -2.71. The number of ketones is 1. The van der Waals surface area contributed by atoms with E-state index in [1.807, 2.05) is 0 Å². The van der Waals surface area contributed by atoms with Gasteiger partial charge in [0, 0.05) is 31.5 Å². The van der Waals surface area contributed by atoms with Crippen molar-refractivity contribution in [3.63, 3.8) is 0 Å². The topological polar surface area (TPSA) is 142 Å². The molecule has 1 saturated heterocycles. The molecule has 0 aromatic carbocycles. The van der Waals surface area contributed by atoms with Crippen molar-refractivity contribution >= 4 is 29.5 Å². The van der Waals surface area contributed by atoms with Crippen molar-refractivity contribution in [3.05, 3.63) is 11.1 Å². The molecule has 0 bridgehead atoms. The quantitative estimate of drug-likeness (QED) is 0.190. The molecule has 0 aromatic rings. The first-order valence-corrected chi connectivity index (χ1v) is 23.0. The summed E-state index contributed by atoms with van der Waals surface area (Å²) in [5, 5.41) is 21.8. The molecule has 2 amide bonds. The zero-order valence-corrected chi connectivity index (χ0v) is 37.2. The number of ether oxygens (including phenoxy) is 1. The number of carbonyl (C=O) groups excluding carboxylic acids is 4. The lowest BCUT2D eigenvalue weighted by molar-refractivity contribution is -0.232. The van der Waals surface area contributed by atoms with Crippen LogP contribution in [0.4, 0.5) is 0 Å². The Hall–Kier alpha value is -2.75. The fraction of sp³-hybridized carbons (Fsp3) is 0.854. The van der Waals surface area contributed by atoms with Crippen molar-refractivity contribution in [1.82, 2.24) is 9.80 Å². The number of allylic oxidation sites excluding steroid dienone is 2. The number of fused-ring (bicyclic) bond motifs is 7. The molecular formula is C48H74N2O8. The molecule has 6 aliphatic carbocycles. The van der Waals surface area contributed by atoms with Gasteiger partial charge in [-0.25, -0.2) is 0 Å². The van der Waals surface area contributed by atoms with Crippen molar-refractivity contribution in [1.29, 1.82) is 0 Å². The number of nitrogens with zero attached hydrogens (tertiary/aromatic N) is 2. The Morgan fingerprint density at radius 1 is 0.897 bits per heavy atom. The van der Waals surface area contributed by atoms with Crippen molar-refractivity contribution in [3.8, 4) is 0 Å². The second-order valence-electron chi connectivity index (χ2n) is 22.5. The summed E-state index contributed by atoms with van der Waals surface area (Å²) in [4.78, 5) is 69.3. The second-order valence-corrected chi connectivity index (χ2v) is 22.5. The third-order valence-electron chi connectivity index (χ3n) is 18.3. The number of esters is 1. The predicted molar refractivity (Wildman–Crippen MR) is 221 cm³/mol. The van der Waals surface area contributed by atoms with Crippen LogP contribution in [0, 0.1) is 68.5 Å². The van der Waals surface area contributed by atoms with Gasteiger partial charge in [-0.05, 0) is 142 Å². The van der Waals surface area contributed by atoms with Crippen LogP contribution >= 0.6 is 0 Å². The van der Waals surface area contributed by atoms with Gasteiger partial charge in [0.1, 0.15) is 6.10 Å². The molecule has 7 aliphatic rings. The number of aliphatic hydroxyl groups excluding tert-OH is 1. The van der Waals surface area contributed by atoms with Gasteiger partial charge in [-0.3, -0.25) is 24.0 Å². The average molecular weight is 807 g/mol. The van der Waals surface area contributed by atoms with Gasteiger partial charge in [0.25, 0.3) is 0 Å². The minimum absolute atomic E-state index is 0.0195. The van der Waals surface area contributed by atoms with Crippen LogP contribution in [0.2, 0.25) is 0 Å². The van der Waals surface area contributed by atoms with E-state index in [2.05, 4.69) is 48.5 Å². The van der Waals surface area contributed by atoms with Gasteiger partial charge < -0.3 is 24.7 Å². The summed E-state index contributed by atoms with van der Waals surface area (Å²) in [5.41, 5.74) is 0.845. The van der Waals surface area contributed by atoms with Crippen LogP contribution in [0.15, 0.2) is 11.1 Å². The van der Waals surface area contributed by atoms with Crippen molar-refractivity contribution < 1.29 is 38.9 Å². The first-order valence-electron chi connectivity index (χ1n) is 23.0. The summed E-state index contributed by atoms with van der Waals surface area (Å²) in [5.74, 6) is -0.517. The molecule has 0 spiro atoms. The van der Waals surface area contributed by atoms with Crippen molar-refractivity contribution in [2.75, 3.05) is 26.2 Å². The van der Waals surface area contributed by atoms with E-state index in [1.165, 1.54) is 5.57 Å². The Kier molecular flexibility index (Phi) is 11.4. The number of rotatable bonds is 12. The molecule has 1 heterocycles. The highest BCUT2D eigenvalue weighted by Gasteiger charge is 2.69. The molecular weight excluding hydrogens is 733 g/mol. The van der Waals surface area contributed by atoms with Gasteiger partial charge >= 0.3 is 11.9 Å². The van der Waals surface area contributed by atoms with E-state index in [0.717, 1.165) is 82.6 Å². The van der Waals surface area contributed by atoms with E-state index in [-0.39, 0.29) is 82.6 Å². The summed E-state index contributed by atoms with van der Waals surface area (Å²) in [6.07, 6.45) is 10.9. The highest BCUT2D eigenvalue weighted by Crippen LogP contribution is 2.76.